The summed E-state index contributed by atoms with van der Waals surface area (Å²) in [5.41, 5.74) is 0. The van der Waals surface area contributed by atoms with Gasteiger partial charge in [-0.1, -0.05) is 13.8 Å². The van der Waals surface area contributed by atoms with E-state index in [2.05, 4.69) is 5.32 Å². The summed E-state index contributed by atoms with van der Waals surface area (Å²) in [5, 5.41) is 11.4. The van der Waals surface area contributed by atoms with Crippen LogP contribution in [-0.2, 0) is 9.59 Å². The van der Waals surface area contributed by atoms with Gasteiger partial charge < -0.3 is 10.4 Å². The topological polar surface area (TPSA) is 69.6 Å². The average molecular weight is 296 g/mol. The first kappa shape index (κ1) is 16.7. The molecule has 8 heteroatoms. The zero-order valence-electron chi connectivity index (χ0n) is 11.4. The lowest BCUT2D eigenvalue weighted by atomic mass is 9.96. The average Bonchev–Trinajstić information content (AvgIpc) is 2.70. The molecule has 1 aliphatic rings. The summed E-state index contributed by atoms with van der Waals surface area (Å²) in [4.78, 5) is 23.7. The summed E-state index contributed by atoms with van der Waals surface area (Å²) in [6.07, 6.45) is -4.56. The third-order valence-corrected chi connectivity index (χ3v) is 3.21. The number of carboxylic acids is 1. The highest BCUT2D eigenvalue weighted by Crippen LogP contribution is 2.37. The summed E-state index contributed by atoms with van der Waals surface area (Å²) in [6.45, 7) is 3.33. The monoisotopic (exact) mass is 296 g/mol. The molecule has 0 unspecified atom stereocenters. The van der Waals surface area contributed by atoms with Gasteiger partial charge in [-0.25, -0.2) is 0 Å². The van der Waals surface area contributed by atoms with Crippen molar-refractivity contribution in [1.82, 2.24) is 10.2 Å². The van der Waals surface area contributed by atoms with Gasteiger partial charge in [-0.2, -0.15) is 13.2 Å². The maximum Gasteiger partial charge on any atom is 0.393 e. The van der Waals surface area contributed by atoms with Gasteiger partial charge >= 0.3 is 12.1 Å². The van der Waals surface area contributed by atoms with E-state index in [-0.39, 0.29) is 24.9 Å². The minimum absolute atomic E-state index is 0.205. The number of nitrogens with zero attached hydrogens (tertiary/aromatic N) is 1. The number of aliphatic carboxylic acids is 1. The van der Waals surface area contributed by atoms with E-state index in [1.54, 1.807) is 0 Å². The summed E-state index contributed by atoms with van der Waals surface area (Å²) < 4.78 is 38.2. The van der Waals surface area contributed by atoms with E-state index >= 15 is 0 Å². The van der Waals surface area contributed by atoms with Crippen LogP contribution >= 0.6 is 0 Å². The number of carbonyl (C=O) groups excluding carboxylic acids is 1. The first-order valence-electron chi connectivity index (χ1n) is 6.39. The predicted octanol–water partition coefficient (Wildman–Crippen LogP) is 0.953. The van der Waals surface area contributed by atoms with Gasteiger partial charge in [0.05, 0.1) is 18.4 Å². The minimum atomic E-state index is -4.56. The number of carbonyl (C=O) groups is 2. The second kappa shape index (κ2) is 6.43. The number of carboxylic acid groups (broad SMARTS) is 1. The predicted molar refractivity (Wildman–Crippen MR) is 65.0 cm³/mol. The van der Waals surface area contributed by atoms with Crippen molar-refractivity contribution >= 4 is 11.9 Å². The molecule has 1 rings (SSSR count). The Morgan fingerprint density at radius 1 is 1.35 bits per heavy atom. The number of alkyl halides is 3. The summed E-state index contributed by atoms with van der Waals surface area (Å²) in [7, 11) is 0. The lowest BCUT2D eigenvalue weighted by Crippen LogP contribution is -2.38. The van der Waals surface area contributed by atoms with Gasteiger partial charge in [-0.15, -0.1) is 0 Å². The molecule has 1 heterocycles. The molecule has 0 aliphatic carbocycles. The summed E-state index contributed by atoms with van der Waals surface area (Å²) in [5.74, 6) is -5.04. The molecule has 1 saturated heterocycles. The maximum atomic E-state index is 12.7. The largest absolute Gasteiger partial charge is 0.481 e. The standard InChI is InChI=1S/C12H19F3N2O3/c1-7(2)3-16-10(18)6-17-4-8(11(19)20)9(5-17)12(13,14)15/h7-9H,3-6H2,1-2H3,(H,16,18)(H,19,20)/t8-,9-/m1/s1. The van der Waals surface area contributed by atoms with Crippen molar-refractivity contribution in [3.05, 3.63) is 0 Å². The van der Waals surface area contributed by atoms with Gasteiger partial charge in [0.2, 0.25) is 5.91 Å². The fraction of sp³-hybridized carbons (Fsp3) is 0.833. The van der Waals surface area contributed by atoms with Crippen LogP contribution in [0.15, 0.2) is 0 Å². The molecule has 1 aliphatic heterocycles. The fourth-order valence-electron chi connectivity index (χ4n) is 2.17. The number of hydrogen-bond donors (Lipinski definition) is 2. The molecule has 1 fully saturated rings. The molecular weight excluding hydrogens is 277 g/mol. The van der Waals surface area contributed by atoms with Gasteiger partial charge in [0.1, 0.15) is 0 Å². The van der Waals surface area contributed by atoms with Crippen LogP contribution in [0.5, 0.6) is 0 Å². The van der Waals surface area contributed by atoms with Crippen molar-refractivity contribution in [1.29, 1.82) is 0 Å². The van der Waals surface area contributed by atoms with Crippen molar-refractivity contribution in [3.63, 3.8) is 0 Å². The maximum absolute atomic E-state index is 12.7. The second-order valence-corrected chi connectivity index (χ2v) is 5.48. The Morgan fingerprint density at radius 3 is 2.35 bits per heavy atom. The summed E-state index contributed by atoms with van der Waals surface area (Å²) in [6, 6.07) is 0. The third kappa shape index (κ3) is 4.66. The van der Waals surface area contributed by atoms with E-state index in [0.29, 0.717) is 6.54 Å². The Labute approximate surface area is 115 Å². The Hall–Kier alpha value is -1.31. The van der Waals surface area contributed by atoms with Crippen LogP contribution in [0.1, 0.15) is 13.8 Å². The number of halogens is 3. The Kier molecular flexibility index (Phi) is 5.38. The normalized spacial score (nSPS) is 24.1. The first-order chi connectivity index (χ1) is 9.11. The number of likely N-dealkylation sites (tertiary alicyclic amines) is 1. The fourth-order valence-corrected chi connectivity index (χ4v) is 2.17. The van der Waals surface area contributed by atoms with Crippen molar-refractivity contribution in [2.75, 3.05) is 26.2 Å². The van der Waals surface area contributed by atoms with E-state index in [4.69, 9.17) is 5.11 Å². The minimum Gasteiger partial charge on any atom is -0.481 e. The van der Waals surface area contributed by atoms with E-state index < -0.39 is 30.5 Å². The zero-order valence-corrected chi connectivity index (χ0v) is 11.4. The van der Waals surface area contributed by atoms with Gasteiger partial charge in [0, 0.05) is 19.6 Å². The molecule has 0 spiro atoms. The van der Waals surface area contributed by atoms with Crippen LogP contribution in [0.25, 0.3) is 0 Å². The lowest BCUT2D eigenvalue weighted by molar-refractivity contribution is -0.188. The number of rotatable bonds is 5. The number of amides is 1. The summed E-state index contributed by atoms with van der Waals surface area (Å²) >= 11 is 0. The highest BCUT2D eigenvalue weighted by molar-refractivity contribution is 5.78. The van der Waals surface area contributed by atoms with Crippen LogP contribution in [0.3, 0.4) is 0 Å². The molecular formula is C12H19F3N2O3. The molecule has 2 N–H and O–H groups in total. The van der Waals surface area contributed by atoms with Gasteiger partial charge in [-0.3, -0.25) is 14.5 Å². The highest BCUT2D eigenvalue weighted by atomic mass is 19.4. The van der Waals surface area contributed by atoms with E-state index in [1.165, 1.54) is 4.90 Å². The van der Waals surface area contributed by atoms with Gasteiger partial charge in [0.15, 0.2) is 0 Å². The molecule has 116 valence electrons. The Morgan fingerprint density at radius 2 is 1.95 bits per heavy atom. The van der Waals surface area contributed by atoms with Crippen LogP contribution in [-0.4, -0.2) is 54.2 Å². The van der Waals surface area contributed by atoms with E-state index in [9.17, 15) is 22.8 Å². The Bertz CT molecular complexity index is 371. The van der Waals surface area contributed by atoms with Crippen molar-refractivity contribution < 1.29 is 27.9 Å². The van der Waals surface area contributed by atoms with Crippen molar-refractivity contribution in [2.24, 2.45) is 17.8 Å². The van der Waals surface area contributed by atoms with Gasteiger partial charge in [0.25, 0.3) is 0 Å². The molecule has 0 bridgehead atoms. The smallest absolute Gasteiger partial charge is 0.393 e. The number of hydrogen-bond acceptors (Lipinski definition) is 3. The molecule has 0 aromatic carbocycles. The second-order valence-electron chi connectivity index (χ2n) is 5.48. The van der Waals surface area contributed by atoms with Gasteiger partial charge in [-0.05, 0) is 5.92 Å². The third-order valence-electron chi connectivity index (χ3n) is 3.21. The molecule has 1 amide bonds. The Balaban J connectivity index is 2.58. The zero-order chi connectivity index (χ0) is 15.5. The molecule has 2 atom stereocenters. The molecule has 5 nitrogen and oxygen atoms in total. The van der Waals surface area contributed by atoms with Crippen LogP contribution in [0.2, 0.25) is 0 Å². The molecule has 0 radical (unpaired) electrons. The highest BCUT2D eigenvalue weighted by Gasteiger charge is 2.52. The van der Waals surface area contributed by atoms with Crippen LogP contribution < -0.4 is 5.32 Å². The molecule has 0 aromatic rings. The molecule has 0 saturated carbocycles. The molecule has 0 aromatic heterocycles. The quantitative estimate of drug-likeness (QED) is 0.792. The number of nitrogens with one attached hydrogen (secondary N) is 1. The SMILES string of the molecule is CC(C)CNC(=O)CN1C[C@@H](C(F)(F)F)[C@H](C(=O)O)C1. The van der Waals surface area contributed by atoms with E-state index in [0.717, 1.165) is 0 Å². The molecule has 20 heavy (non-hydrogen) atoms. The van der Waals surface area contributed by atoms with E-state index in [1.807, 2.05) is 13.8 Å². The lowest BCUT2D eigenvalue weighted by Gasteiger charge is -2.18. The first-order valence-corrected chi connectivity index (χ1v) is 6.39. The van der Waals surface area contributed by atoms with Crippen LogP contribution in [0.4, 0.5) is 13.2 Å². The van der Waals surface area contributed by atoms with Crippen molar-refractivity contribution in [2.45, 2.75) is 20.0 Å². The van der Waals surface area contributed by atoms with Crippen LogP contribution in [0, 0.1) is 17.8 Å². The van der Waals surface area contributed by atoms with Crippen molar-refractivity contribution in [3.8, 4) is 0 Å².